The number of hydrogen-bond donors (Lipinski definition) is 3. The van der Waals surface area contributed by atoms with Crippen molar-refractivity contribution in [3.8, 4) is 0 Å². The highest BCUT2D eigenvalue weighted by molar-refractivity contribution is 7.12. The van der Waals surface area contributed by atoms with E-state index in [9.17, 15) is 14.4 Å². The molecule has 1 aromatic heterocycles. The molecule has 0 aliphatic carbocycles. The number of carbonyl (C=O) groups excluding carboxylic acids is 3. The van der Waals surface area contributed by atoms with Crippen molar-refractivity contribution in [3.63, 3.8) is 0 Å². The summed E-state index contributed by atoms with van der Waals surface area (Å²) >= 11 is 1.27. The molecule has 0 radical (unpaired) electrons. The van der Waals surface area contributed by atoms with Gasteiger partial charge < -0.3 is 5.32 Å². The molecule has 2 rings (SSSR count). The van der Waals surface area contributed by atoms with Gasteiger partial charge >= 0.3 is 0 Å². The fraction of sp³-hybridized carbons (Fsp3) is 0.133. The van der Waals surface area contributed by atoms with E-state index in [0.29, 0.717) is 4.88 Å². The average Bonchev–Trinajstić information content (AvgIpc) is 3.06. The number of amides is 3. The molecule has 0 bridgehead atoms. The third kappa shape index (κ3) is 5.02. The van der Waals surface area contributed by atoms with E-state index < -0.39 is 5.91 Å². The van der Waals surface area contributed by atoms with E-state index in [0.717, 1.165) is 5.56 Å². The van der Waals surface area contributed by atoms with Crippen molar-refractivity contribution in [2.75, 3.05) is 6.54 Å². The largest absolute Gasteiger partial charge is 0.347 e. The Morgan fingerprint density at radius 2 is 1.68 bits per heavy atom. The fourth-order valence-electron chi connectivity index (χ4n) is 1.66. The Labute approximate surface area is 131 Å². The van der Waals surface area contributed by atoms with E-state index in [2.05, 4.69) is 16.2 Å². The van der Waals surface area contributed by atoms with Gasteiger partial charge in [0.15, 0.2) is 0 Å². The first kappa shape index (κ1) is 15.7. The minimum Gasteiger partial charge on any atom is -0.347 e. The van der Waals surface area contributed by atoms with Crippen LogP contribution < -0.4 is 16.2 Å². The maximum absolute atomic E-state index is 11.7. The maximum Gasteiger partial charge on any atom is 0.279 e. The van der Waals surface area contributed by atoms with Crippen molar-refractivity contribution in [1.29, 1.82) is 0 Å². The van der Waals surface area contributed by atoms with Crippen LogP contribution in [0, 0.1) is 0 Å². The Kier molecular flexibility index (Phi) is 5.67. The van der Waals surface area contributed by atoms with Crippen molar-refractivity contribution in [2.24, 2.45) is 0 Å². The van der Waals surface area contributed by atoms with Gasteiger partial charge in [-0.15, -0.1) is 11.3 Å². The third-order valence-corrected chi connectivity index (χ3v) is 3.58. The molecule has 0 saturated carbocycles. The van der Waals surface area contributed by atoms with Gasteiger partial charge in [-0.05, 0) is 17.0 Å². The van der Waals surface area contributed by atoms with E-state index in [1.54, 1.807) is 17.5 Å². The van der Waals surface area contributed by atoms with Gasteiger partial charge in [0, 0.05) is 0 Å². The lowest BCUT2D eigenvalue weighted by atomic mass is 10.1. The first-order valence-electron chi connectivity index (χ1n) is 6.58. The first-order valence-corrected chi connectivity index (χ1v) is 7.46. The summed E-state index contributed by atoms with van der Waals surface area (Å²) in [6.45, 7) is -0.198. The molecule has 0 atom stereocenters. The van der Waals surface area contributed by atoms with Crippen LogP contribution >= 0.6 is 11.3 Å². The standard InChI is InChI=1S/C15H15N3O3S/c19-13(9-11-5-2-1-3-6-11)16-10-14(20)17-18-15(21)12-7-4-8-22-12/h1-8H,9-10H2,(H,16,19)(H,17,20)(H,18,21). The van der Waals surface area contributed by atoms with E-state index in [1.165, 1.54) is 11.3 Å². The lowest BCUT2D eigenvalue weighted by molar-refractivity contribution is -0.126. The number of rotatable bonds is 5. The van der Waals surface area contributed by atoms with Crippen molar-refractivity contribution in [3.05, 3.63) is 58.3 Å². The average molecular weight is 317 g/mol. The lowest BCUT2D eigenvalue weighted by Gasteiger charge is -2.07. The van der Waals surface area contributed by atoms with Gasteiger partial charge in [-0.1, -0.05) is 36.4 Å². The predicted octanol–water partition coefficient (Wildman–Crippen LogP) is 0.868. The number of hydrazine groups is 1. The smallest absolute Gasteiger partial charge is 0.279 e. The van der Waals surface area contributed by atoms with E-state index >= 15 is 0 Å². The van der Waals surface area contributed by atoms with Crippen molar-refractivity contribution in [1.82, 2.24) is 16.2 Å². The van der Waals surface area contributed by atoms with Gasteiger partial charge in [0.05, 0.1) is 17.8 Å². The van der Waals surface area contributed by atoms with Crippen molar-refractivity contribution >= 4 is 29.1 Å². The summed E-state index contributed by atoms with van der Waals surface area (Å²) in [5, 5.41) is 4.25. The Morgan fingerprint density at radius 3 is 2.36 bits per heavy atom. The highest BCUT2D eigenvalue weighted by atomic mass is 32.1. The summed E-state index contributed by atoms with van der Waals surface area (Å²) in [6, 6.07) is 12.6. The van der Waals surface area contributed by atoms with Crippen LogP contribution in [0.25, 0.3) is 0 Å². The van der Waals surface area contributed by atoms with Gasteiger partial charge in [-0.3, -0.25) is 25.2 Å². The molecule has 0 spiro atoms. The molecule has 6 nitrogen and oxygen atoms in total. The Hall–Kier alpha value is -2.67. The lowest BCUT2D eigenvalue weighted by Crippen LogP contribution is -2.46. The summed E-state index contributed by atoms with van der Waals surface area (Å²) in [5.41, 5.74) is 5.39. The highest BCUT2D eigenvalue weighted by Gasteiger charge is 2.09. The molecule has 0 aliphatic heterocycles. The van der Waals surface area contributed by atoms with Crippen LogP contribution in [-0.2, 0) is 16.0 Å². The number of benzene rings is 1. The maximum atomic E-state index is 11.7. The summed E-state index contributed by atoms with van der Waals surface area (Å²) < 4.78 is 0. The molecule has 0 saturated heterocycles. The minimum atomic E-state index is -0.494. The van der Waals surface area contributed by atoms with Gasteiger partial charge in [0.25, 0.3) is 11.8 Å². The molecule has 2 aromatic rings. The van der Waals surface area contributed by atoms with E-state index in [1.807, 2.05) is 30.3 Å². The van der Waals surface area contributed by atoms with Crippen LogP contribution in [0.2, 0.25) is 0 Å². The molecule has 1 heterocycles. The number of nitrogens with one attached hydrogen (secondary N) is 3. The normalized spacial score (nSPS) is 9.82. The second-order valence-electron chi connectivity index (χ2n) is 4.42. The second-order valence-corrected chi connectivity index (χ2v) is 5.37. The SMILES string of the molecule is O=C(Cc1ccccc1)NCC(=O)NNC(=O)c1cccs1. The predicted molar refractivity (Wildman–Crippen MR) is 83.1 cm³/mol. The van der Waals surface area contributed by atoms with Gasteiger partial charge in [-0.25, -0.2) is 0 Å². The molecule has 22 heavy (non-hydrogen) atoms. The topological polar surface area (TPSA) is 87.3 Å². The van der Waals surface area contributed by atoms with Crippen LogP contribution in [0.4, 0.5) is 0 Å². The summed E-state index contributed by atoms with van der Waals surface area (Å²) in [6.07, 6.45) is 0.204. The zero-order chi connectivity index (χ0) is 15.8. The Bertz CT molecular complexity index is 641. The summed E-state index contributed by atoms with van der Waals surface area (Å²) in [4.78, 5) is 35.3. The third-order valence-electron chi connectivity index (χ3n) is 2.71. The van der Waals surface area contributed by atoms with E-state index in [4.69, 9.17) is 0 Å². The monoisotopic (exact) mass is 317 g/mol. The molecule has 114 valence electrons. The van der Waals surface area contributed by atoms with Crippen LogP contribution in [0.3, 0.4) is 0 Å². The fourth-order valence-corrected chi connectivity index (χ4v) is 2.28. The number of thiophene rings is 1. The Balaban J connectivity index is 1.67. The molecular formula is C15H15N3O3S. The molecule has 0 unspecified atom stereocenters. The van der Waals surface area contributed by atoms with Crippen LogP contribution in [0.1, 0.15) is 15.2 Å². The van der Waals surface area contributed by atoms with Crippen LogP contribution in [0.15, 0.2) is 47.8 Å². The number of carbonyl (C=O) groups is 3. The number of hydrogen-bond acceptors (Lipinski definition) is 4. The molecule has 0 fully saturated rings. The van der Waals surface area contributed by atoms with Gasteiger partial charge in [0.2, 0.25) is 5.91 Å². The van der Waals surface area contributed by atoms with Crippen molar-refractivity contribution < 1.29 is 14.4 Å². The van der Waals surface area contributed by atoms with Crippen LogP contribution in [-0.4, -0.2) is 24.3 Å². The van der Waals surface area contributed by atoms with Crippen LogP contribution in [0.5, 0.6) is 0 Å². The second kappa shape index (κ2) is 7.94. The molecule has 1 aromatic carbocycles. The zero-order valence-corrected chi connectivity index (χ0v) is 12.5. The quantitative estimate of drug-likeness (QED) is 0.715. The molecule has 0 aliphatic rings. The highest BCUT2D eigenvalue weighted by Crippen LogP contribution is 2.06. The van der Waals surface area contributed by atoms with Gasteiger partial charge in [0.1, 0.15) is 0 Å². The summed E-state index contributed by atoms with van der Waals surface area (Å²) in [7, 11) is 0. The van der Waals surface area contributed by atoms with Crippen molar-refractivity contribution in [2.45, 2.75) is 6.42 Å². The minimum absolute atomic E-state index is 0.198. The molecule has 3 amide bonds. The van der Waals surface area contributed by atoms with E-state index in [-0.39, 0.29) is 24.8 Å². The summed E-state index contributed by atoms with van der Waals surface area (Å²) in [5.74, 6) is -1.14. The molecular weight excluding hydrogens is 302 g/mol. The Morgan fingerprint density at radius 1 is 0.909 bits per heavy atom. The zero-order valence-electron chi connectivity index (χ0n) is 11.7. The molecule has 7 heteroatoms. The molecule has 3 N–H and O–H groups in total. The van der Waals surface area contributed by atoms with Gasteiger partial charge in [-0.2, -0.15) is 0 Å². The first-order chi connectivity index (χ1) is 10.6.